The van der Waals surface area contributed by atoms with E-state index in [-0.39, 0.29) is 10.6 Å². The summed E-state index contributed by atoms with van der Waals surface area (Å²) in [6, 6.07) is 1.66. The van der Waals surface area contributed by atoms with Crippen LogP contribution in [0.5, 0.6) is 0 Å². The van der Waals surface area contributed by atoms with Gasteiger partial charge in [0.25, 0.3) is 0 Å². The minimum atomic E-state index is -0.358. The molecule has 2 aromatic rings. The zero-order chi connectivity index (χ0) is 15.7. The molecule has 3 heterocycles. The van der Waals surface area contributed by atoms with Crippen LogP contribution in [-0.4, -0.2) is 51.3 Å². The molecule has 3 rings (SSSR count). The molecular weight excluding hydrogens is 286 g/mol. The second-order valence-electron chi connectivity index (χ2n) is 5.25. The molecule has 0 bridgehead atoms. The first-order valence-corrected chi connectivity index (χ1v) is 7.05. The van der Waals surface area contributed by atoms with Crippen LogP contribution in [0.4, 0.5) is 17.5 Å². The van der Waals surface area contributed by atoms with Crippen molar-refractivity contribution >= 4 is 17.5 Å². The van der Waals surface area contributed by atoms with Gasteiger partial charge < -0.3 is 9.80 Å². The van der Waals surface area contributed by atoms with Crippen molar-refractivity contribution in [1.82, 2.24) is 20.2 Å². The van der Waals surface area contributed by atoms with E-state index in [2.05, 4.69) is 25.1 Å². The monoisotopic (exact) mass is 303 g/mol. The Morgan fingerprint density at radius 1 is 1.23 bits per heavy atom. The topological polar surface area (TPSA) is 104 Å². The van der Waals surface area contributed by atoms with Gasteiger partial charge >= 0.3 is 5.69 Å². The molecule has 1 aliphatic heterocycles. The number of H-pyrrole nitrogens is 1. The Morgan fingerprint density at radius 3 is 2.50 bits per heavy atom. The molecule has 1 saturated heterocycles. The van der Waals surface area contributed by atoms with Gasteiger partial charge in [0, 0.05) is 37.9 Å². The number of piperazine rings is 1. The van der Waals surface area contributed by atoms with E-state index in [1.165, 1.54) is 0 Å². The third-order valence-corrected chi connectivity index (χ3v) is 3.74. The molecule has 2 aromatic heterocycles. The number of pyridine rings is 1. The van der Waals surface area contributed by atoms with Crippen molar-refractivity contribution in [1.29, 1.82) is 0 Å². The van der Waals surface area contributed by atoms with E-state index in [9.17, 15) is 10.1 Å². The van der Waals surface area contributed by atoms with E-state index >= 15 is 0 Å². The fraction of sp³-hybridized carbons (Fsp3) is 0.462. The second-order valence-corrected chi connectivity index (χ2v) is 5.25. The molecular formula is C13H17N7O2. The lowest BCUT2D eigenvalue weighted by Crippen LogP contribution is -2.47. The minimum absolute atomic E-state index is 0.0877. The normalized spacial score (nSPS) is 15.2. The van der Waals surface area contributed by atoms with Crippen molar-refractivity contribution in [3.8, 4) is 0 Å². The van der Waals surface area contributed by atoms with Crippen LogP contribution < -0.4 is 9.80 Å². The van der Waals surface area contributed by atoms with Gasteiger partial charge in [-0.25, -0.2) is 4.98 Å². The Kier molecular flexibility index (Phi) is 3.61. The van der Waals surface area contributed by atoms with Gasteiger partial charge in [-0.05, 0) is 19.9 Å². The standard InChI is InChI=1S/C13H17N7O2/c1-9-3-4-14-12(11(9)20(21)22)18-5-7-19(8-6-18)13-15-10(2)16-17-13/h3-4H,5-8H2,1-2H3,(H,15,16,17). The van der Waals surface area contributed by atoms with Crippen molar-refractivity contribution in [3.05, 3.63) is 33.8 Å². The van der Waals surface area contributed by atoms with Gasteiger partial charge in [0.1, 0.15) is 5.82 Å². The molecule has 0 aliphatic carbocycles. The van der Waals surface area contributed by atoms with Gasteiger partial charge in [-0.2, -0.15) is 4.98 Å². The van der Waals surface area contributed by atoms with Crippen LogP contribution in [-0.2, 0) is 0 Å². The largest absolute Gasteiger partial charge is 0.347 e. The van der Waals surface area contributed by atoms with E-state index < -0.39 is 0 Å². The first-order valence-electron chi connectivity index (χ1n) is 7.05. The van der Waals surface area contributed by atoms with Gasteiger partial charge in [-0.15, -0.1) is 5.10 Å². The zero-order valence-electron chi connectivity index (χ0n) is 12.5. The van der Waals surface area contributed by atoms with Gasteiger partial charge in [0.15, 0.2) is 0 Å². The average Bonchev–Trinajstić information content (AvgIpc) is 2.93. The van der Waals surface area contributed by atoms with Crippen LogP contribution in [0.2, 0.25) is 0 Å². The van der Waals surface area contributed by atoms with Crippen molar-refractivity contribution < 1.29 is 4.92 Å². The summed E-state index contributed by atoms with van der Waals surface area (Å²) in [7, 11) is 0. The Morgan fingerprint density at radius 2 is 1.91 bits per heavy atom. The van der Waals surface area contributed by atoms with E-state index in [1.807, 2.05) is 11.8 Å². The fourth-order valence-electron chi connectivity index (χ4n) is 2.58. The maximum absolute atomic E-state index is 11.3. The predicted molar refractivity (Wildman–Crippen MR) is 81.2 cm³/mol. The molecule has 0 unspecified atom stereocenters. The molecule has 0 amide bonds. The number of hydrogen-bond donors (Lipinski definition) is 1. The Hall–Kier alpha value is -2.71. The maximum atomic E-state index is 11.3. The van der Waals surface area contributed by atoms with E-state index in [0.29, 0.717) is 43.5 Å². The first kappa shape index (κ1) is 14.2. The predicted octanol–water partition coefficient (Wildman–Crippen LogP) is 1.05. The van der Waals surface area contributed by atoms with Crippen molar-refractivity contribution in [2.24, 2.45) is 0 Å². The van der Waals surface area contributed by atoms with Gasteiger partial charge in [-0.1, -0.05) is 0 Å². The molecule has 1 N–H and O–H groups in total. The quantitative estimate of drug-likeness (QED) is 0.667. The van der Waals surface area contributed by atoms with E-state index in [0.717, 1.165) is 5.82 Å². The number of anilines is 2. The highest BCUT2D eigenvalue weighted by Gasteiger charge is 2.27. The summed E-state index contributed by atoms with van der Waals surface area (Å²) >= 11 is 0. The summed E-state index contributed by atoms with van der Waals surface area (Å²) < 4.78 is 0. The number of nitro groups is 1. The summed E-state index contributed by atoms with van der Waals surface area (Å²) in [5.74, 6) is 1.88. The van der Waals surface area contributed by atoms with Gasteiger partial charge in [-0.3, -0.25) is 15.2 Å². The Labute approximate surface area is 127 Å². The highest BCUT2D eigenvalue weighted by atomic mass is 16.6. The SMILES string of the molecule is Cc1nc(N2CCN(c3nccc(C)c3[N+](=O)[O-])CC2)n[nH]1. The number of aryl methyl sites for hydroxylation is 2. The van der Waals surface area contributed by atoms with Crippen molar-refractivity contribution in [2.45, 2.75) is 13.8 Å². The third kappa shape index (κ3) is 2.57. The molecule has 9 nitrogen and oxygen atoms in total. The molecule has 9 heteroatoms. The lowest BCUT2D eigenvalue weighted by molar-refractivity contribution is -0.384. The van der Waals surface area contributed by atoms with Gasteiger partial charge in [0.05, 0.1) is 4.92 Å². The summed E-state index contributed by atoms with van der Waals surface area (Å²) in [5, 5.41) is 18.2. The molecule has 0 atom stereocenters. The highest BCUT2D eigenvalue weighted by molar-refractivity contribution is 5.62. The molecule has 0 spiro atoms. The van der Waals surface area contributed by atoms with Crippen LogP contribution in [0.15, 0.2) is 12.3 Å². The fourth-order valence-corrected chi connectivity index (χ4v) is 2.58. The molecule has 116 valence electrons. The smallest absolute Gasteiger partial charge is 0.314 e. The number of nitrogens with one attached hydrogen (secondary N) is 1. The first-order chi connectivity index (χ1) is 10.6. The van der Waals surface area contributed by atoms with Crippen LogP contribution in [0, 0.1) is 24.0 Å². The van der Waals surface area contributed by atoms with E-state index in [1.54, 1.807) is 19.2 Å². The summed E-state index contributed by atoms with van der Waals surface area (Å²) in [6.07, 6.45) is 1.61. The van der Waals surface area contributed by atoms with Gasteiger partial charge in [0.2, 0.25) is 11.8 Å². The Balaban J connectivity index is 1.77. The number of aromatic amines is 1. The maximum Gasteiger partial charge on any atom is 0.314 e. The summed E-state index contributed by atoms with van der Waals surface area (Å²) in [5.41, 5.74) is 0.715. The molecule has 22 heavy (non-hydrogen) atoms. The van der Waals surface area contributed by atoms with E-state index in [4.69, 9.17) is 0 Å². The van der Waals surface area contributed by atoms with Crippen LogP contribution in [0.1, 0.15) is 11.4 Å². The van der Waals surface area contributed by atoms with Crippen molar-refractivity contribution in [3.63, 3.8) is 0 Å². The van der Waals surface area contributed by atoms with Crippen LogP contribution in [0.25, 0.3) is 0 Å². The highest BCUT2D eigenvalue weighted by Crippen LogP contribution is 2.29. The zero-order valence-corrected chi connectivity index (χ0v) is 12.5. The number of aromatic nitrogens is 4. The lowest BCUT2D eigenvalue weighted by atomic mass is 10.2. The van der Waals surface area contributed by atoms with Crippen molar-refractivity contribution in [2.75, 3.05) is 36.0 Å². The molecule has 0 saturated carbocycles. The lowest BCUT2D eigenvalue weighted by Gasteiger charge is -2.34. The molecule has 1 fully saturated rings. The second kappa shape index (κ2) is 5.58. The molecule has 1 aliphatic rings. The number of rotatable bonds is 3. The molecule has 0 aromatic carbocycles. The Bertz CT molecular complexity index is 691. The number of nitrogens with zero attached hydrogens (tertiary/aromatic N) is 6. The number of hydrogen-bond acceptors (Lipinski definition) is 7. The van der Waals surface area contributed by atoms with Crippen LogP contribution in [0.3, 0.4) is 0 Å². The van der Waals surface area contributed by atoms with Crippen LogP contribution >= 0.6 is 0 Å². The molecule has 0 radical (unpaired) electrons. The summed E-state index contributed by atoms with van der Waals surface area (Å²) in [4.78, 5) is 23.4. The minimum Gasteiger partial charge on any atom is -0.347 e. The average molecular weight is 303 g/mol. The third-order valence-electron chi connectivity index (χ3n) is 3.74. The summed E-state index contributed by atoms with van der Waals surface area (Å²) in [6.45, 7) is 6.27.